The number of imidazole rings is 1. The predicted octanol–water partition coefficient (Wildman–Crippen LogP) is 5.22. The third kappa shape index (κ3) is 4.27. The average Bonchev–Trinajstić information content (AvgIpc) is 3.36. The maximum absolute atomic E-state index is 12.4. The number of halogens is 2. The predicted molar refractivity (Wildman–Crippen MR) is 132 cm³/mol. The molecular formula is C25H19Cl2N5O2. The van der Waals surface area contributed by atoms with Crippen LogP contribution in [0.2, 0.25) is 10.0 Å². The highest BCUT2D eigenvalue weighted by Gasteiger charge is 2.14. The van der Waals surface area contributed by atoms with Gasteiger partial charge in [-0.25, -0.2) is 9.97 Å². The number of benzene rings is 1. The highest BCUT2D eigenvalue weighted by Crippen LogP contribution is 2.30. The molecule has 0 atom stereocenters. The van der Waals surface area contributed by atoms with Crippen LogP contribution in [0.4, 0.5) is 0 Å². The van der Waals surface area contributed by atoms with Gasteiger partial charge in [0, 0.05) is 47.6 Å². The number of pyridine rings is 3. The van der Waals surface area contributed by atoms with Gasteiger partial charge >= 0.3 is 0 Å². The fraction of sp³-hybridized carbons (Fsp3) is 0.120. The second kappa shape index (κ2) is 9.29. The van der Waals surface area contributed by atoms with Crippen LogP contribution in [-0.2, 0) is 13.2 Å². The van der Waals surface area contributed by atoms with Crippen molar-refractivity contribution in [3.05, 3.63) is 111 Å². The van der Waals surface area contributed by atoms with Crippen LogP contribution in [-0.4, -0.2) is 24.1 Å². The number of fused-ring (bicyclic) bond motifs is 1. The van der Waals surface area contributed by atoms with Crippen LogP contribution in [0.5, 0.6) is 5.75 Å². The van der Waals surface area contributed by atoms with Gasteiger partial charge in [-0.2, -0.15) is 0 Å². The molecule has 7 nitrogen and oxygen atoms in total. The van der Waals surface area contributed by atoms with Crippen LogP contribution in [0.3, 0.4) is 0 Å². The zero-order valence-corrected chi connectivity index (χ0v) is 19.7. The van der Waals surface area contributed by atoms with Gasteiger partial charge in [-0.05, 0) is 36.8 Å². The van der Waals surface area contributed by atoms with E-state index in [-0.39, 0.29) is 23.7 Å². The van der Waals surface area contributed by atoms with Gasteiger partial charge in [-0.1, -0.05) is 35.3 Å². The molecule has 9 heteroatoms. The topological polar surface area (TPSA) is 74.8 Å². The lowest BCUT2D eigenvalue weighted by molar-refractivity contribution is 0.307. The van der Waals surface area contributed by atoms with Crippen molar-refractivity contribution in [2.75, 3.05) is 0 Å². The summed E-state index contributed by atoms with van der Waals surface area (Å²) in [6.45, 7) is 2.39. The van der Waals surface area contributed by atoms with Gasteiger partial charge in [0.25, 0.3) is 5.56 Å². The van der Waals surface area contributed by atoms with Crippen LogP contribution < -0.4 is 10.3 Å². The van der Waals surface area contributed by atoms with E-state index >= 15 is 0 Å². The van der Waals surface area contributed by atoms with Gasteiger partial charge < -0.3 is 13.9 Å². The second-order valence-electron chi connectivity index (χ2n) is 7.74. The molecule has 4 aromatic heterocycles. The van der Waals surface area contributed by atoms with Crippen molar-refractivity contribution in [2.24, 2.45) is 0 Å². The van der Waals surface area contributed by atoms with Crippen molar-refractivity contribution >= 4 is 34.1 Å². The first kappa shape index (κ1) is 22.1. The molecule has 0 aliphatic heterocycles. The van der Waals surface area contributed by atoms with Crippen molar-refractivity contribution < 1.29 is 4.74 Å². The molecule has 4 heterocycles. The van der Waals surface area contributed by atoms with E-state index < -0.39 is 0 Å². The summed E-state index contributed by atoms with van der Waals surface area (Å²) in [6.07, 6.45) is 10.3. The molecule has 5 aromatic rings. The molecule has 0 fully saturated rings. The highest BCUT2D eigenvalue weighted by atomic mass is 35.5. The molecule has 0 saturated heterocycles. The maximum atomic E-state index is 12.4. The van der Waals surface area contributed by atoms with Crippen molar-refractivity contribution in [1.29, 1.82) is 0 Å². The lowest BCUT2D eigenvalue weighted by Crippen LogP contribution is -2.21. The molecular weight excluding hydrogens is 473 g/mol. The van der Waals surface area contributed by atoms with Crippen molar-refractivity contribution in [3.63, 3.8) is 0 Å². The molecule has 0 unspecified atom stereocenters. The normalized spacial score (nSPS) is 11.1. The molecule has 5 rings (SSSR count). The second-order valence-corrected chi connectivity index (χ2v) is 8.56. The minimum absolute atomic E-state index is 0.154. The maximum Gasteiger partial charge on any atom is 0.269 e. The van der Waals surface area contributed by atoms with Crippen LogP contribution in [0.15, 0.2) is 78.5 Å². The summed E-state index contributed by atoms with van der Waals surface area (Å²) in [6, 6.07) is 11.1. The van der Waals surface area contributed by atoms with Gasteiger partial charge in [0.05, 0.1) is 23.6 Å². The monoisotopic (exact) mass is 491 g/mol. The smallest absolute Gasteiger partial charge is 0.269 e. The Morgan fingerprint density at radius 1 is 1.03 bits per heavy atom. The van der Waals surface area contributed by atoms with E-state index in [1.54, 1.807) is 43.2 Å². The van der Waals surface area contributed by atoms with Crippen molar-refractivity contribution in [2.45, 2.75) is 20.1 Å². The van der Waals surface area contributed by atoms with Gasteiger partial charge in [-0.3, -0.25) is 9.78 Å². The summed E-state index contributed by atoms with van der Waals surface area (Å²) < 4.78 is 9.69. The van der Waals surface area contributed by atoms with Crippen molar-refractivity contribution in [3.8, 4) is 11.4 Å². The fourth-order valence-electron chi connectivity index (χ4n) is 3.83. The van der Waals surface area contributed by atoms with Gasteiger partial charge in [-0.15, -0.1) is 0 Å². The summed E-state index contributed by atoms with van der Waals surface area (Å²) in [5, 5.41) is 1.55. The molecule has 0 saturated carbocycles. The first-order valence-corrected chi connectivity index (χ1v) is 11.2. The molecule has 170 valence electrons. The highest BCUT2D eigenvalue weighted by molar-refractivity contribution is 6.31. The zero-order valence-electron chi connectivity index (χ0n) is 18.2. The minimum Gasteiger partial charge on any atom is -0.487 e. The average molecular weight is 492 g/mol. The number of rotatable bonds is 6. The first-order chi connectivity index (χ1) is 16.5. The first-order valence-electron chi connectivity index (χ1n) is 10.5. The van der Waals surface area contributed by atoms with E-state index in [2.05, 4.69) is 9.97 Å². The fourth-order valence-corrected chi connectivity index (χ4v) is 4.24. The van der Waals surface area contributed by atoms with E-state index in [1.807, 2.05) is 42.0 Å². The molecule has 0 radical (unpaired) electrons. The molecule has 0 amide bonds. The van der Waals surface area contributed by atoms with Gasteiger partial charge in [0.1, 0.15) is 22.9 Å². The molecule has 34 heavy (non-hydrogen) atoms. The van der Waals surface area contributed by atoms with E-state index in [0.29, 0.717) is 10.8 Å². The Bertz CT molecular complexity index is 1550. The summed E-state index contributed by atoms with van der Waals surface area (Å²) in [7, 11) is 0. The third-order valence-corrected chi connectivity index (χ3v) is 6.09. The standard InChI is InChI=1S/C25H19Cl2N5O2/c1-16-10-22(32-9-7-28-15-32)18-4-2-6-23(24(18)30-16)34-14-19-17(11-29-12-21(19)27)13-31-8-3-5-20(26)25(31)33/h2-12,15H,13-14H2,1H3. The van der Waals surface area contributed by atoms with E-state index in [9.17, 15) is 4.79 Å². The van der Waals surface area contributed by atoms with Crippen LogP contribution >= 0.6 is 23.2 Å². The minimum atomic E-state index is -0.281. The Hall–Kier alpha value is -3.68. The Labute approximate surface area is 205 Å². The molecule has 0 N–H and O–H groups in total. The number of hydrogen-bond donors (Lipinski definition) is 0. The van der Waals surface area contributed by atoms with Crippen LogP contribution in [0.1, 0.15) is 16.8 Å². The SMILES string of the molecule is Cc1cc(-n2ccnc2)c2cccc(OCc3c(Cl)cncc3Cn3cccc(Cl)c3=O)c2n1. The quantitative estimate of drug-likeness (QED) is 0.325. The molecule has 0 spiro atoms. The molecule has 0 bridgehead atoms. The Morgan fingerprint density at radius 3 is 2.74 bits per heavy atom. The Balaban J connectivity index is 1.50. The van der Waals surface area contributed by atoms with Crippen LogP contribution in [0.25, 0.3) is 16.6 Å². The van der Waals surface area contributed by atoms with Gasteiger partial charge in [0.15, 0.2) is 0 Å². The largest absolute Gasteiger partial charge is 0.487 e. The van der Waals surface area contributed by atoms with E-state index in [4.69, 9.17) is 32.9 Å². The lowest BCUT2D eigenvalue weighted by atomic mass is 10.1. The number of ether oxygens (including phenoxy) is 1. The Morgan fingerprint density at radius 2 is 1.91 bits per heavy atom. The number of para-hydroxylation sites is 1. The van der Waals surface area contributed by atoms with Crippen molar-refractivity contribution in [1.82, 2.24) is 24.1 Å². The number of aromatic nitrogens is 5. The summed E-state index contributed by atoms with van der Waals surface area (Å²) in [4.78, 5) is 25.5. The number of hydrogen-bond acceptors (Lipinski definition) is 5. The number of aryl methyl sites for hydroxylation is 1. The molecule has 0 aliphatic rings. The zero-order chi connectivity index (χ0) is 23.7. The molecule has 1 aromatic carbocycles. The van der Waals surface area contributed by atoms with E-state index in [0.717, 1.165) is 33.4 Å². The lowest BCUT2D eigenvalue weighted by Gasteiger charge is -2.16. The van der Waals surface area contributed by atoms with Gasteiger partial charge in [0.2, 0.25) is 0 Å². The third-order valence-electron chi connectivity index (χ3n) is 5.47. The molecule has 0 aliphatic carbocycles. The number of nitrogens with zero attached hydrogens (tertiary/aromatic N) is 5. The Kier molecular flexibility index (Phi) is 6.04. The summed E-state index contributed by atoms with van der Waals surface area (Å²) >= 11 is 12.5. The summed E-state index contributed by atoms with van der Waals surface area (Å²) in [5.41, 5.74) is 3.78. The van der Waals surface area contributed by atoms with E-state index in [1.165, 1.54) is 4.57 Å². The summed E-state index contributed by atoms with van der Waals surface area (Å²) in [5.74, 6) is 0.626. The van der Waals surface area contributed by atoms with Crippen LogP contribution in [0, 0.1) is 6.92 Å².